The Hall–Kier alpha value is -0.770. The number of rotatable bonds is 3. The van der Waals surface area contributed by atoms with Crippen molar-refractivity contribution in [2.45, 2.75) is 19.4 Å². The van der Waals surface area contributed by atoms with Crippen molar-refractivity contribution in [2.24, 2.45) is 5.92 Å². The number of phenolic OH excluding ortho intramolecular Hbond substituents is 1. The molecule has 0 aliphatic carbocycles. The van der Waals surface area contributed by atoms with Crippen LogP contribution in [0.1, 0.15) is 18.4 Å². The molecule has 1 aromatic rings. The topological polar surface area (TPSA) is 43.7 Å². The molecule has 1 fully saturated rings. The zero-order valence-corrected chi connectivity index (χ0v) is 10.5. The van der Waals surface area contributed by atoms with Crippen LogP contribution in [0.5, 0.6) is 5.75 Å². The van der Waals surface area contributed by atoms with Crippen LogP contribution in [0.25, 0.3) is 0 Å². The second-order valence-corrected chi connectivity index (χ2v) is 5.10. The Morgan fingerprint density at radius 1 is 1.29 bits per heavy atom. The first kappa shape index (κ1) is 12.7. The summed E-state index contributed by atoms with van der Waals surface area (Å²) in [7, 11) is 0. The number of hydrogen-bond acceptors (Lipinski definition) is 3. The van der Waals surface area contributed by atoms with E-state index in [0.29, 0.717) is 17.5 Å². The quantitative estimate of drug-likeness (QED) is 0.871. The Kier molecular flexibility index (Phi) is 4.26. The van der Waals surface area contributed by atoms with Gasteiger partial charge in [-0.05, 0) is 49.5 Å². The minimum atomic E-state index is 0.134. The van der Waals surface area contributed by atoms with E-state index in [9.17, 15) is 5.11 Å². The van der Waals surface area contributed by atoms with E-state index in [1.165, 1.54) is 0 Å². The molecule has 2 rings (SSSR count). The van der Waals surface area contributed by atoms with Crippen molar-refractivity contribution in [3.05, 3.63) is 28.8 Å². The first-order chi connectivity index (χ1) is 8.19. The summed E-state index contributed by atoms with van der Waals surface area (Å²) in [5.41, 5.74) is 1.12. The first-order valence-electron chi connectivity index (χ1n) is 5.99. The second kappa shape index (κ2) is 5.71. The Labute approximate surface area is 107 Å². The van der Waals surface area contributed by atoms with E-state index >= 15 is 0 Å². The third kappa shape index (κ3) is 3.35. The third-order valence-corrected chi connectivity index (χ3v) is 3.69. The number of phenols is 1. The highest BCUT2D eigenvalue weighted by atomic mass is 35.5. The standard InChI is InChI=1S/C13H18ClNO2/c14-12-7-11(1-2-13(12)17)8-15-5-3-10(9-16)4-6-15/h1-2,7,10,16-17H,3-6,8-9H2. The molecule has 0 radical (unpaired) electrons. The summed E-state index contributed by atoms with van der Waals surface area (Å²) in [5.74, 6) is 0.601. The lowest BCUT2D eigenvalue weighted by Gasteiger charge is -2.31. The molecular formula is C13H18ClNO2. The number of piperidine rings is 1. The van der Waals surface area contributed by atoms with Crippen molar-refractivity contribution in [1.82, 2.24) is 4.90 Å². The molecule has 17 heavy (non-hydrogen) atoms. The highest BCUT2D eigenvalue weighted by Crippen LogP contribution is 2.25. The van der Waals surface area contributed by atoms with Gasteiger partial charge in [0.1, 0.15) is 5.75 Å². The Morgan fingerprint density at radius 2 is 2.00 bits per heavy atom. The lowest BCUT2D eigenvalue weighted by Crippen LogP contribution is -2.34. The number of benzene rings is 1. The van der Waals surface area contributed by atoms with Crippen LogP contribution in [0.2, 0.25) is 5.02 Å². The molecular weight excluding hydrogens is 238 g/mol. The van der Waals surface area contributed by atoms with E-state index in [0.717, 1.165) is 38.0 Å². The molecule has 0 amide bonds. The molecule has 4 heteroatoms. The minimum Gasteiger partial charge on any atom is -0.506 e. The molecule has 1 aliphatic heterocycles. The minimum absolute atomic E-state index is 0.134. The molecule has 1 aromatic carbocycles. The van der Waals surface area contributed by atoms with Crippen LogP contribution in [0.3, 0.4) is 0 Å². The molecule has 1 heterocycles. The van der Waals surface area contributed by atoms with Gasteiger partial charge in [-0.25, -0.2) is 0 Å². The normalized spacial score (nSPS) is 18.5. The summed E-state index contributed by atoms with van der Waals surface area (Å²) in [5, 5.41) is 18.8. The van der Waals surface area contributed by atoms with Crippen molar-refractivity contribution in [1.29, 1.82) is 0 Å². The number of likely N-dealkylation sites (tertiary alicyclic amines) is 1. The van der Waals surface area contributed by atoms with Gasteiger partial charge in [0.25, 0.3) is 0 Å². The van der Waals surface area contributed by atoms with Gasteiger partial charge in [-0.3, -0.25) is 4.90 Å². The van der Waals surface area contributed by atoms with Gasteiger partial charge in [-0.1, -0.05) is 17.7 Å². The van der Waals surface area contributed by atoms with Crippen LogP contribution in [-0.4, -0.2) is 34.8 Å². The third-order valence-electron chi connectivity index (χ3n) is 3.38. The number of nitrogens with zero attached hydrogens (tertiary/aromatic N) is 1. The SMILES string of the molecule is OCC1CCN(Cc2ccc(O)c(Cl)c2)CC1. The average molecular weight is 256 g/mol. The van der Waals surface area contributed by atoms with Crippen LogP contribution in [0, 0.1) is 5.92 Å². The van der Waals surface area contributed by atoms with Crippen molar-refractivity contribution >= 4 is 11.6 Å². The number of aliphatic hydroxyl groups excluding tert-OH is 1. The molecule has 0 bridgehead atoms. The van der Waals surface area contributed by atoms with Gasteiger partial charge in [-0.2, -0.15) is 0 Å². The maximum Gasteiger partial charge on any atom is 0.134 e. The molecule has 1 aliphatic rings. The maximum atomic E-state index is 9.34. The molecule has 2 N–H and O–H groups in total. The van der Waals surface area contributed by atoms with Gasteiger partial charge in [-0.15, -0.1) is 0 Å². The van der Waals surface area contributed by atoms with Gasteiger partial charge in [0, 0.05) is 13.2 Å². The fourth-order valence-electron chi connectivity index (χ4n) is 2.23. The van der Waals surface area contributed by atoms with Crippen molar-refractivity contribution < 1.29 is 10.2 Å². The highest BCUT2D eigenvalue weighted by molar-refractivity contribution is 6.32. The monoisotopic (exact) mass is 255 g/mol. The fraction of sp³-hybridized carbons (Fsp3) is 0.538. The maximum absolute atomic E-state index is 9.34. The lowest BCUT2D eigenvalue weighted by molar-refractivity contribution is 0.127. The summed E-state index contributed by atoms with van der Waals surface area (Å²) in [6, 6.07) is 5.35. The second-order valence-electron chi connectivity index (χ2n) is 4.69. The van der Waals surface area contributed by atoms with Gasteiger partial charge in [0.05, 0.1) is 5.02 Å². The van der Waals surface area contributed by atoms with Gasteiger partial charge >= 0.3 is 0 Å². The molecule has 0 saturated carbocycles. The van der Waals surface area contributed by atoms with Crippen molar-refractivity contribution in [3.8, 4) is 5.75 Å². The van der Waals surface area contributed by atoms with Crippen LogP contribution in [0.4, 0.5) is 0 Å². The van der Waals surface area contributed by atoms with Gasteiger partial charge in [0.15, 0.2) is 0 Å². The Bertz CT molecular complexity index is 376. The number of aliphatic hydroxyl groups is 1. The first-order valence-corrected chi connectivity index (χ1v) is 6.37. The highest BCUT2D eigenvalue weighted by Gasteiger charge is 2.18. The molecule has 94 valence electrons. The average Bonchev–Trinajstić information content (AvgIpc) is 2.35. The molecule has 0 unspecified atom stereocenters. The van der Waals surface area contributed by atoms with E-state index in [4.69, 9.17) is 16.7 Å². The van der Waals surface area contributed by atoms with Crippen molar-refractivity contribution in [3.63, 3.8) is 0 Å². The van der Waals surface area contributed by atoms with E-state index < -0.39 is 0 Å². The van der Waals surface area contributed by atoms with E-state index in [1.54, 1.807) is 6.07 Å². The molecule has 3 nitrogen and oxygen atoms in total. The number of halogens is 1. The summed E-state index contributed by atoms with van der Waals surface area (Å²) < 4.78 is 0. The van der Waals surface area contributed by atoms with E-state index in [2.05, 4.69) is 4.90 Å². The number of aromatic hydroxyl groups is 1. The summed E-state index contributed by atoms with van der Waals surface area (Å²) >= 11 is 5.88. The molecule has 0 aromatic heterocycles. The predicted molar refractivity (Wildman–Crippen MR) is 68.2 cm³/mol. The predicted octanol–water partition coefficient (Wildman–Crippen LogP) is 2.25. The van der Waals surface area contributed by atoms with Crippen LogP contribution in [-0.2, 0) is 6.54 Å². The van der Waals surface area contributed by atoms with Crippen LogP contribution in [0.15, 0.2) is 18.2 Å². The number of hydrogen-bond donors (Lipinski definition) is 2. The Balaban J connectivity index is 1.91. The smallest absolute Gasteiger partial charge is 0.134 e. The van der Waals surface area contributed by atoms with Gasteiger partial charge < -0.3 is 10.2 Å². The van der Waals surface area contributed by atoms with Gasteiger partial charge in [0.2, 0.25) is 0 Å². The zero-order chi connectivity index (χ0) is 12.3. The van der Waals surface area contributed by atoms with E-state index in [-0.39, 0.29) is 5.75 Å². The zero-order valence-electron chi connectivity index (χ0n) is 9.77. The van der Waals surface area contributed by atoms with Crippen LogP contribution >= 0.6 is 11.6 Å². The molecule has 0 atom stereocenters. The summed E-state index contributed by atoms with van der Waals surface area (Å²) in [6.45, 7) is 3.20. The largest absolute Gasteiger partial charge is 0.506 e. The van der Waals surface area contributed by atoms with Crippen molar-refractivity contribution in [2.75, 3.05) is 19.7 Å². The summed E-state index contributed by atoms with van der Waals surface area (Å²) in [4.78, 5) is 2.36. The summed E-state index contributed by atoms with van der Waals surface area (Å²) in [6.07, 6.45) is 2.12. The fourth-order valence-corrected chi connectivity index (χ4v) is 2.44. The lowest BCUT2D eigenvalue weighted by atomic mass is 9.97. The van der Waals surface area contributed by atoms with E-state index in [1.807, 2.05) is 12.1 Å². The molecule has 0 spiro atoms. The molecule has 1 saturated heterocycles. The Morgan fingerprint density at radius 3 is 2.59 bits per heavy atom. The van der Waals surface area contributed by atoms with Crippen LogP contribution < -0.4 is 0 Å².